The molecule has 1 aliphatic carbocycles. The van der Waals surface area contributed by atoms with Crippen molar-refractivity contribution < 1.29 is 9.47 Å². The SMILES string of the molecule is NC1CCC2(CC1Sc1nccc(=O)[nH]1)OCCO2. The van der Waals surface area contributed by atoms with Crippen LogP contribution >= 0.6 is 11.8 Å². The molecule has 0 amide bonds. The summed E-state index contributed by atoms with van der Waals surface area (Å²) in [6, 6.07) is 1.46. The van der Waals surface area contributed by atoms with Gasteiger partial charge in [-0.05, 0) is 6.42 Å². The number of nitrogens with zero attached hydrogens (tertiary/aromatic N) is 1. The van der Waals surface area contributed by atoms with E-state index in [0.717, 1.165) is 19.3 Å². The summed E-state index contributed by atoms with van der Waals surface area (Å²) in [6.07, 6.45) is 3.93. The van der Waals surface area contributed by atoms with E-state index < -0.39 is 5.79 Å². The van der Waals surface area contributed by atoms with E-state index in [9.17, 15) is 4.79 Å². The Kier molecular flexibility index (Phi) is 3.62. The van der Waals surface area contributed by atoms with E-state index in [1.807, 2.05) is 0 Å². The fraction of sp³-hybridized carbons (Fsp3) is 0.667. The Balaban J connectivity index is 1.73. The Hall–Kier alpha value is -0.890. The molecule has 2 atom stereocenters. The second-order valence-corrected chi connectivity index (χ2v) is 6.14. The minimum Gasteiger partial charge on any atom is -0.347 e. The van der Waals surface area contributed by atoms with Crippen molar-refractivity contribution in [2.45, 2.75) is 41.5 Å². The Labute approximate surface area is 115 Å². The van der Waals surface area contributed by atoms with Gasteiger partial charge >= 0.3 is 0 Å². The maximum absolute atomic E-state index is 11.3. The van der Waals surface area contributed by atoms with Gasteiger partial charge in [-0.15, -0.1) is 0 Å². The topological polar surface area (TPSA) is 90.2 Å². The van der Waals surface area contributed by atoms with Crippen molar-refractivity contribution in [1.82, 2.24) is 9.97 Å². The number of aromatic amines is 1. The summed E-state index contributed by atoms with van der Waals surface area (Å²) in [7, 11) is 0. The van der Waals surface area contributed by atoms with Crippen LogP contribution in [0.3, 0.4) is 0 Å². The molecule has 3 N–H and O–H groups in total. The van der Waals surface area contributed by atoms with Crippen LogP contribution in [0.15, 0.2) is 22.2 Å². The number of hydrogen-bond acceptors (Lipinski definition) is 6. The van der Waals surface area contributed by atoms with Crippen molar-refractivity contribution in [3.63, 3.8) is 0 Å². The summed E-state index contributed by atoms with van der Waals surface area (Å²) in [5.74, 6) is -0.470. The average molecular weight is 283 g/mol. The predicted molar refractivity (Wildman–Crippen MR) is 71.0 cm³/mol. The minimum atomic E-state index is -0.470. The standard InChI is InChI=1S/C12H17N3O3S/c13-8-1-3-12(17-5-6-18-12)7-9(8)19-11-14-4-2-10(16)15-11/h2,4,8-9H,1,3,5-7,13H2,(H,14,15,16). The summed E-state index contributed by atoms with van der Waals surface area (Å²) in [5.41, 5.74) is 6.02. The number of aromatic nitrogens is 2. The van der Waals surface area contributed by atoms with Crippen molar-refractivity contribution in [3.05, 3.63) is 22.6 Å². The van der Waals surface area contributed by atoms with Crippen LogP contribution in [0.25, 0.3) is 0 Å². The Morgan fingerprint density at radius 3 is 3.00 bits per heavy atom. The third kappa shape index (κ3) is 2.84. The first kappa shape index (κ1) is 13.1. The Morgan fingerprint density at radius 1 is 1.47 bits per heavy atom. The Bertz CT molecular complexity index is 501. The van der Waals surface area contributed by atoms with Gasteiger partial charge in [-0.1, -0.05) is 11.8 Å². The lowest BCUT2D eigenvalue weighted by Crippen LogP contribution is -2.47. The first-order chi connectivity index (χ1) is 9.17. The summed E-state index contributed by atoms with van der Waals surface area (Å²) in [5, 5.41) is 0.736. The summed E-state index contributed by atoms with van der Waals surface area (Å²) < 4.78 is 11.5. The fourth-order valence-electron chi connectivity index (χ4n) is 2.58. The van der Waals surface area contributed by atoms with Crippen LogP contribution in [0.5, 0.6) is 0 Å². The van der Waals surface area contributed by atoms with E-state index in [0.29, 0.717) is 18.4 Å². The van der Waals surface area contributed by atoms with Gasteiger partial charge in [0.25, 0.3) is 5.56 Å². The highest BCUT2D eigenvalue weighted by Gasteiger charge is 2.44. The van der Waals surface area contributed by atoms with Gasteiger partial charge in [-0.2, -0.15) is 0 Å². The third-order valence-corrected chi connectivity index (χ3v) is 4.82. The van der Waals surface area contributed by atoms with Gasteiger partial charge in [0.05, 0.1) is 13.2 Å². The van der Waals surface area contributed by atoms with Crippen LogP contribution in [-0.2, 0) is 9.47 Å². The quantitative estimate of drug-likeness (QED) is 0.768. The van der Waals surface area contributed by atoms with Gasteiger partial charge in [0.1, 0.15) is 0 Å². The van der Waals surface area contributed by atoms with Crippen LogP contribution < -0.4 is 11.3 Å². The molecule has 1 aliphatic heterocycles. The molecular weight excluding hydrogens is 266 g/mol. The van der Waals surface area contributed by atoms with Gasteiger partial charge in [0, 0.05) is 36.4 Å². The van der Waals surface area contributed by atoms with Crippen molar-refractivity contribution in [3.8, 4) is 0 Å². The summed E-state index contributed by atoms with van der Waals surface area (Å²) in [4.78, 5) is 18.1. The predicted octanol–water partition coefficient (Wildman–Crippen LogP) is 0.485. The number of thioether (sulfide) groups is 1. The molecular formula is C12H17N3O3S. The smallest absolute Gasteiger partial charge is 0.251 e. The van der Waals surface area contributed by atoms with E-state index in [-0.39, 0.29) is 16.9 Å². The minimum absolute atomic E-state index is 0.0638. The number of ether oxygens (including phenoxy) is 2. The molecule has 1 aromatic heterocycles. The van der Waals surface area contributed by atoms with E-state index in [1.54, 1.807) is 0 Å². The third-order valence-electron chi connectivity index (χ3n) is 3.57. The van der Waals surface area contributed by atoms with Crippen LogP contribution in [-0.4, -0.2) is 40.3 Å². The van der Waals surface area contributed by atoms with Crippen molar-refractivity contribution in [1.29, 1.82) is 0 Å². The number of hydrogen-bond donors (Lipinski definition) is 2. The number of nitrogens with one attached hydrogen (secondary N) is 1. The molecule has 104 valence electrons. The average Bonchev–Trinajstić information content (AvgIpc) is 2.83. The highest BCUT2D eigenvalue weighted by molar-refractivity contribution is 7.99. The van der Waals surface area contributed by atoms with Crippen LogP contribution in [0, 0.1) is 0 Å². The van der Waals surface area contributed by atoms with Crippen LogP contribution in [0.2, 0.25) is 0 Å². The van der Waals surface area contributed by atoms with Crippen molar-refractivity contribution in [2.75, 3.05) is 13.2 Å². The molecule has 2 fully saturated rings. The van der Waals surface area contributed by atoms with Crippen molar-refractivity contribution >= 4 is 11.8 Å². The molecule has 6 nitrogen and oxygen atoms in total. The van der Waals surface area contributed by atoms with E-state index >= 15 is 0 Å². The normalized spacial score (nSPS) is 29.7. The molecule has 2 heterocycles. The van der Waals surface area contributed by atoms with Gasteiger partial charge in [-0.3, -0.25) is 4.79 Å². The summed E-state index contributed by atoms with van der Waals surface area (Å²) >= 11 is 1.50. The molecule has 0 radical (unpaired) electrons. The Morgan fingerprint density at radius 2 is 2.26 bits per heavy atom. The molecule has 2 unspecified atom stereocenters. The van der Waals surface area contributed by atoms with E-state index in [1.165, 1.54) is 24.0 Å². The molecule has 1 saturated heterocycles. The molecule has 2 aliphatic rings. The number of H-pyrrole nitrogens is 1. The lowest BCUT2D eigenvalue weighted by Gasteiger charge is -2.39. The van der Waals surface area contributed by atoms with Gasteiger partial charge in [0.15, 0.2) is 10.9 Å². The van der Waals surface area contributed by atoms with Crippen LogP contribution in [0.1, 0.15) is 19.3 Å². The molecule has 1 aromatic rings. The largest absolute Gasteiger partial charge is 0.347 e. The van der Waals surface area contributed by atoms with Gasteiger partial charge in [0.2, 0.25) is 0 Å². The molecule has 1 saturated carbocycles. The number of rotatable bonds is 2. The second-order valence-electron chi connectivity index (χ2n) is 4.91. The van der Waals surface area contributed by atoms with Crippen LogP contribution in [0.4, 0.5) is 0 Å². The van der Waals surface area contributed by atoms with E-state index in [2.05, 4.69) is 9.97 Å². The fourth-order valence-corrected chi connectivity index (χ4v) is 3.79. The zero-order valence-electron chi connectivity index (χ0n) is 10.5. The molecule has 1 spiro atoms. The molecule has 19 heavy (non-hydrogen) atoms. The highest BCUT2D eigenvalue weighted by Crippen LogP contribution is 2.41. The first-order valence-corrected chi connectivity index (χ1v) is 7.30. The highest BCUT2D eigenvalue weighted by atomic mass is 32.2. The maximum Gasteiger partial charge on any atom is 0.251 e. The van der Waals surface area contributed by atoms with E-state index in [4.69, 9.17) is 15.2 Å². The summed E-state index contributed by atoms with van der Waals surface area (Å²) in [6.45, 7) is 1.29. The monoisotopic (exact) mass is 283 g/mol. The molecule has 7 heteroatoms. The second kappa shape index (κ2) is 5.24. The zero-order chi connectivity index (χ0) is 13.3. The zero-order valence-corrected chi connectivity index (χ0v) is 11.3. The van der Waals surface area contributed by atoms with Gasteiger partial charge < -0.3 is 20.2 Å². The number of nitrogens with two attached hydrogens (primary N) is 1. The maximum atomic E-state index is 11.3. The lowest BCUT2D eigenvalue weighted by atomic mass is 9.90. The van der Waals surface area contributed by atoms with Gasteiger partial charge in [-0.25, -0.2) is 4.98 Å². The molecule has 0 aromatic carbocycles. The lowest BCUT2D eigenvalue weighted by molar-refractivity contribution is -0.176. The first-order valence-electron chi connectivity index (χ1n) is 6.42. The molecule has 0 bridgehead atoms. The van der Waals surface area contributed by atoms with Crippen molar-refractivity contribution in [2.24, 2.45) is 5.73 Å². The molecule has 3 rings (SSSR count).